The quantitative estimate of drug-likeness (QED) is 0.781. The molecule has 1 aromatic carbocycles. The molecule has 0 heterocycles. The molecule has 1 amide bonds. The van der Waals surface area contributed by atoms with Gasteiger partial charge in [-0.1, -0.05) is 19.8 Å². The van der Waals surface area contributed by atoms with Crippen LogP contribution in [0.3, 0.4) is 0 Å². The van der Waals surface area contributed by atoms with E-state index in [1.54, 1.807) is 0 Å². The van der Waals surface area contributed by atoms with Crippen molar-refractivity contribution in [3.8, 4) is 5.75 Å². The Hall–Kier alpha value is -1.62. The first kappa shape index (κ1) is 16.7. The molecule has 1 fully saturated rings. The molecule has 1 aliphatic rings. The predicted molar refractivity (Wildman–Crippen MR) is 93.2 cm³/mol. The second-order valence-corrected chi connectivity index (χ2v) is 6.14. The van der Waals surface area contributed by atoms with Crippen molar-refractivity contribution < 1.29 is 9.53 Å². The van der Waals surface area contributed by atoms with E-state index in [9.17, 15) is 4.79 Å². The van der Waals surface area contributed by atoms with Crippen molar-refractivity contribution in [2.75, 3.05) is 11.9 Å². The van der Waals surface area contributed by atoms with Crippen LogP contribution < -0.4 is 15.4 Å². The molecular formula is C17H24N2O2S. The number of rotatable bonds is 6. The lowest BCUT2D eigenvalue weighted by Gasteiger charge is -2.12. The minimum Gasteiger partial charge on any atom is -0.494 e. The van der Waals surface area contributed by atoms with Crippen molar-refractivity contribution in [3.63, 3.8) is 0 Å². The largest absolute Gasteiger partial charge is 0.494 e. The van der Waals surface area contributed by atoms with Crippen molar-refractivity contribution in [1.82, 2.24) is 5.32 Å². The third-order valence-electron chi connectivity index (χ3n) is 3.79. The Balaban J connectivity index is 1.74. The lowest BCUT2D eigenvalue weighted by molar-refractivity contribution is -0.120. The van der Waals surface area contributed by atoms with E-state index in [-0.39, 0.29) is 5.91 Å². The number of carbonyl (C=O) groups is 1. The van der Waals surface area contributed by atoms with E-state index in [0.717, 1.165) is 30.7 Å². The summed E-state index contributed by atoms with van der Waals surface area (Å²) in [5, 5.41) is 6.13. The van der Waals surface area contributed by atoms with Gasteiger partial charge in [-0.05, 0) is 61.7 Å². The summed E-state index contributed by atoms with van der Waals surface area (Å²) >= 11 is 5.18. The molecular weight excluding hydrogens is 296 g/mol. The number of amides is 1. The van der Waals surface area contributed by atoms with E-state index in [4.69, 9.17) is 17.0 Å². The number of anilines is 1. The highest BCUT2D eigenvalue weighted by molar-refractivity contribution is 7.80. The smallest absolute Gasteiger partial charge is 0.226 e. The summed E-state index contributed by atoms with van der Waals surface area (Å²) in [5.74, 6) is 1.37. The fourth-order valence-electron chi connectivity index (χ4n) is 2.67. The van der Waals surface area contributed by atoms with Gasteiger partial charge < -0.3 is 15.4 Å². The monoisotopic (exact) mass is 320 g/mol. The zero-order valence-corrected chi connectivity index (χ0v) is 13.9. The van der Waals surface area contributed by atoms with Crippen LogP contribution in [-0.4, -0.2) is 17.6 Å². The molecule has 2 N–H and O–H groups in total. The summed E-state index contributed by atoms with van der Waals surface area (Å²) < 4.78 is 5.52. The highest BCUT2D eigenvalue weighted by Crippen LogP contribution is 2.27. The van der Waals surface area contributed by atoms with Gasteiger partial charge in [0.1, 0.15) is 5.75 Å². The summed E-state index contributed by atoms with van der Waals surface area (Å²) in [7, 11) is 0. The molecule has 1 aliphatic carbocycles. The van der Waals surface area contributed by atoms with Gasteiger partial charge >= 0.3 is 0 Å². The molecule has 0 aromatic heterocycles. The van der Waals surface area contributed by atoms with E-state index in [2.05, 4.69) is 17.6 Å². The van der Waals surface area contributed by atoms with Crippen LogP contribution in [0.2, 0.25) is 0 Å². The molecule has 0 aliphatic heterocycles. The van der Waals surface area contributed by atoms with Crippen LogP contribution in [0.15, 0.2) is 24.3 Å². The number of benzene rings is 1. The average Bonchev–Trinajstić information content (AvgIpc) is 2.99. The minimum absolute atomic E-state index is 0.00676. The summed E-state index contributed by atoms with van der Waals surface area (Å²) in [6.45, 7) is 2.78. The number of carbonyl (C=O) groups excluding carboxylic acids is 1. The number of hydrogen-bond donors (Lipinski definition) is 2. The first-order valence-corrected chi connectivity index (χ1v) is 8.42. The molecule has 120 valence electrons. The summed E-state index contributed by atoms with van der Waals surface area (Å²) in [6.07, 6.45) is 6.36. The van der Waals surface area contributed by atoms with Crippen molar-refractivity contribution in [1.29, 1.82) is 0 Å². The summed E-state index contributed by atoms with van der Waals surface area (Å²) in [6, 6.07) is 7.56. The van der Waals surface area contributed by atoms with Gasteiger partial charge in [0.2, 0.25) is 5.91 Å². The lowest BCUT2D eigenvalue weighted by Crippen LogP contribution is -2.34. The second-order valence-electron chi connectivity index (χ2n) is 5.73. The average molecular weight is 320 g/mol. The Labute approximate surface area is 137 Å². The minimum atomic E-state index is 0.00676. The third kappa shape index (κ3) is 5.64. The number of ether oxygens (including phenoxy) is 1. The first-order valence-electron chi connectivity index (χ1n) is 8.01. The van der Waals surface area contributed by atoms with Gasteiger partial charge in [0, 0.05) is 12.1 Å². The molecule has 0 saturated heterocycles. The molecule has 1 saturated carbocycles. The van der Waals surface area contributed by atoms with E-state index in [0.29, 0.717) is 24.1 Å². The lowest BCUT2D eigenvalue weighted by atomic mass is 10.0. The van der Waals surface area contributed by atoms with Gasteiger partial charge in [0.05, 0.1) is 6.61 Å². The Kier molecular flexibility index (Phi) is 6.65. The molecule has 0 bridgehead atoms. The van der Waals surface area contributed by atoms with Gasteiger partial charge in [-0.3, -0.25) is 4.79 Å². The molecule has 0 radical (unpaired) electrons. The topological polar surface area (TPSA) is 50.4 Å². The standard InChI is InChI=1S/C17H24N2O2S/c1-2-11-21-15-9-7-14(8-10-15)18-17(22)19-16(20)12-13-5-3-4-6-13/h7-10,13H,2-6,11-12H2,1H3,(H2,18,19,20,22). The van der Waals surface area contributed by atoms with Crippen LogP contribution in [0.5, 0.6) is 5.75 Å². The van der Waals surface area contributed by atoms with Crippen LogP contribution in [0.1, 0.15) is 45.4 Å². The van der Waals surface area contributed by atoms with Gasteiger partial charge in [0.25, 0.3) is 0 Å². The van der Waals surface area contributed by atoms with E-state index in [1.807, 2.05) is 24.3 Å². The van der Waals surface area contributed by atoms with Gasteiger partial charge in [0.15, 0.2) is 5.11 Å². The van der Waals surface area contributed by atoms with Crippen LogP contribution in [-0.2, 0) is 4.79 Å². The summed E-state index contributed by atoms with van der Waals surface area (Å²) in [4.78, 5) is 11.9. The fourth-order valence-corrected chi connectivity index (χ4v) is 2.90. The van der Waals surface area contributed by atoms with Crippen molar-refractivity contribution in [2.24, 2.45) is 5.92 Å². The highest BCUT2D eigenvalue weighted by Gasteiger charge is 2.18. The Morgan fingerprint density at radius 3 is 2.59 bits per heavy atom. The highest BCUT2D eigenvalue weighted by atomic mass is 32.1. The predicted octanol–water partition coefficient (Wildman–Crippen LogP) is 3.87. The maximum atomic E-state index is 11.9. The molecule has 1 aromatic rings. The van der Waals surface area contributed by atoms with Crippen molar-refractivity contribution >= 4 is 28.9 Å². The Bertz CT molecular complexity index is 496. The number of hydrogen-bond acceptors (Lipinski definition) is 3. The molecule has 0 atom stereocenters. The SMILES string of the molecule is CCCOc1ccc(NC(=S)NC(=O)CC2CCCC2)cc1. The molecule has 0 unspecified atom stereocenters. The zero-order valence-electron chi connectivity index (χ0n) is 13.1. The van der Waals surface area contributed by atoms with Gasteiger partial charge in [-0.2, -0.15) is 0 Å². The number of thiocarbonyl (C=S) groups is 1. The van der Waals surface area contributed by atoms with Crippen molar-refractivity contribution in [2.45, 2.75) is 45.4 Å². The van der Waals surface area contributed by atoms with Crippen LogP contribution in [0.4, 0.5) is 5.69 Å². The summed E-state index contributed by atoms with van der Waals surface area (Å²) in [5.41, 5.74) is 0.843. The molecule has 0 spiro atoms. The van der Waals surface area contributed by atoms with E-state index < -0.39 is 0 Å². The van der Waals surface area contributed by atoms with Crippen LogP contribution >= 0.6 is 12.2 Å². The van der Waals surface area contributed by atoms with E-state index in [1.165, 1.54) is 12.8 Å². The van der Waals surface area contributed by atoms with Gasteiger partial charge in [-0.25, -0.2) is 0 Å². The molecule has 4 nitrogen and oxygen atoms in total. The van der Waals surface area contributed by atoms with E-state index >= 15 is 0 Å². The normalized spacial score (nSPS) is 14.6. The maximum absolute atomic E-state index is 11.9. The second kappa shape index (κ2) is 8.73. The number of nitrogens with one attached hydrogen (secondary N) is 2. The molecule has 5 heteroatoms. The Morgan fingerprint density at radius 1 is 1.27 bits per heavy atom. The Morgan fingerprint density at radius 2 is 1.95 bits per heavy atom. The van der Waals surface area contributed by atoms with Crippen LogP contribution in [0, 0.1) is 5.92 Å². The van der Waals surface area contributed by atoms with Gasteiger partial charge in [-0.15, -0.1) is 0 Å². The van der Waals surface area contributed by atoms with Crippen molar-refractivity contribution in [3.05, 3.63) is 24.3 Å². The first-order chi connectivity index (χ1) is 10.7. The third-order valence-corrected chi connectivity index (χ3v) is 3.99. The zero-order chi connectivity index (χ0) is 15.8. The molecule has 22 heavy (non-hydrogen) atoms. The maximum Gasteiger partial charge on any atom is 0.226 e. The molecule has 2 rings (SSSR count). The van der Waals surface area contributed by atoms with Crippen LogP contribution in [0.25, 0.3) is 0 Å². The fraction of sp³-hybridized carbons (Fsp3) is 0.529.